The second kappa shape index (κ2) is 10.2. The SMILES string of the molecule is CCCCCCNc1nc(COC)nc(OCCC)c1N. The molecule has 0 bridgehead atoms. The van der Waals surface area contributed by atoms with Gasteiger partial charge in [-0.1, -0.05) is 33.1 Å². The first kappa shape index (κ1) is 17.5. The second-order valence-corrected chi connectivity index (χ2v) is 4.98. The van der Waals surface area contributed by atoms with E-state index in [4.69, 9.17) is 15.2 Å². The van der Waals surface area contributed by atoms with E-state index >= 15 is 0 Å². The van der Waals surface area contributed by atoms with Crippen LogP contribution in [0.15, 0.2) is 0 Å². The van der Waals surface area contributed by atoms with Gasteiger partial charge in [-0.25, -0.2) is 4.98 Å². The lowest BCUT2D eigenvalue weighted by molar-refractivity contribution is 0.176. The number of nitrogen functional groups attached to an aromatic ring is 1. The van der Waals surface area contributed by atoms with Crippen molar-refractivity contribution in [2.75, 3.05) is 31.3 Å². The fourth-order valence-corrected chi connectivity index (χ4v) is 1.89. The van der Waals surface area contributed by atoms with Gasteiger partial charge >= 0.3 is 0 Å². The third-order valence-electron chi connectivity index (χ3n) is 3.00. The summed E-state index contributed by atoms with van der Waals surface area (Å²) in [4.78, 5) is 8.69. The molecule has 120 valence electrons. The van der Waals surface area contributed by atoms with Crippen molar-refractivity contribution in [1.29, 1.82) is 0 Å². The standard InChI is InChI=1S/C15H28N4O2/c1-4-6-7-8-9-17-14-13(16)15(21-10-5-2)19-12(18-14)11-20-3/h4-11,16H2,1-3H3,(H,17,18,19). The Morgan fingerprint density at radius 3 is 2.57 bits per heavy atom. The predicted octanol–water partition coefficient (Wildman–Crippen LogP) is 2.99. The number of nitrogens with two attached hydrogens (primary N) is 1. The minimum Gasteiger partial charge on any atom is -0.476 e. The van der Waals surface area contributed by atoms with E-state index in [0.29, 0.717) is 36.4 Å². The van der Waals surface area contributed by atoms with Crippen molar-refractivity contribution in [3.8, 4) is 5.88 Å². The highest BCUT2D eigenvalue weighted by atomic mass is 16.5. The lowest BCUT2D eigenvalue weighted by atomic mass is 10.2. The number of nitrogens with zero attached hydrogens (tertiary/aromatic N) is 2. The smallest absolute Gasteiger partial charge is 0.242 e. The normalized spacial score (nSPS) is 10.6. The minimum atomic E-state index is 0.341. The summed E-state index contributed by atoms with van der Waals surface area (Å²) in [6.07, 6.45) is 5.69. The van der Waals surface area contributed by atoms with E-state index in [0.717, 1.165) is 19.4 Å². The molecule has 0 atom stereocenters. The van der Waals surface area contributed by atoms with Crippen LogP contribution in [0.5, 0.6) is 5.88 Å². The van der Waals surface area contributed by atoms with Crippen molar-refractivity contribution < 1.29 is 9.47 Å². The highest BCUT2D eigenvalue weighted by Gasteiger charge is 2.12. The fraction of sp³-hybridized carbons (Fsp3) is 0.733. The Hall–Kier alpha value is -1.56. The Bertz CT molecular complexity index is 413. The van der Waals surface area contributed by atoms with E-state index in [2.05, 4.69) is 22.2 Å². The lowest BCUT2D eigenvalue weighted by Crippen LogP contribution is -2.12. The minimum absolute atomic E-state index is 0.341. The molecule has 0 aliphatic rings. The molecule has 0 aromatic carbocycles. The molecule has 0 radical (unpaired) electrons. The summed E-state index contributed by atoms with van der Waals surface area (Å²) in [6.45, 7) is 6.02. The van der Waals surface area contributed by atoms with Gasteiger partial charge in [0.2, 0.25) is 5.88 Å². The van der Waals surface area contributed by atoms with Gasteiger partial charge in [0.25, 0.3) is 0 Å². The fourth-order valence-electron chi connectivity index (χ4n) is 1.89. The van der Waals surface area contributed by atoms with Gasteiger partial charge in [0.05, 0.1) is 6.61 Å². The average Bonchev–Trinajstić information content (AvgIpc) is 2.48. The van der Waals surface area contributed by atoms with Crippen LogP contribution in [-0.4, -0.2) is 30.2 Å². The Morgan fingerprint density at radius 2 is 1.90 bits per heavy atom. The van der Waals surface area contributed by atoms with E-state index in [-0.39, 0.29) is 0 Å². The monoisotopic (exact) mass is 296 g/mol. The van der Waals surface area contributed by atoms with Crippen molar-refractivity contribution in [2.24, 2.45) is 0 Å². The summed E-state index contributed by atoms with van der Waals surface area (Å²) in [5, 5.41) is 3.28. The van der Waals surface area contributed by atoms with Crippen molar-refractivity contribution in [1.82, 2.24) is 9.97 Å². The van der Waals surface area contributed by atoms with Gasteiger partial charge in [0, 0.05) is 13.7 Å². The molecule has 0 saturated heterocycles. The number of rotatable bonds is 11. The van der Waals surface area contributed by atoms with E-state index in [1.807, 2.05) is 6.92 Å². The molecule has 0 saturated carbocycles. The zero-order valence-corrected chi connectivity index (χ0v) is 13.4. The van der Waals surface area contributed by atoms with Gasteiger partial charge < -0.3 is 20.5 Å². The van der Waals surface area contributed by atoms with Crippen molar-refractivity contribution in [3.05, 3.63) is 5.82 Å². The third-order valence-corrected chi connectivity index (χ3v) is 3.00. The number of ether oxygens (including phenoxy) is 2. The van der Waals surface area contributed by atoms with Gasteiger partial charge in [-0.15, -0.1) is 0 Å². The topological polar surface area (TPSA) is 82.3 Å². The van der Waals surface area contributed by atoms with Crippen molar-refractivity contribution in [3.63, 3.8) is 0 Å². The summed E-state index contributed by atoms with van der Waals surface area (Å²) >= 11 is 0. The van der Waals surface area contributed by atoms with E-state index in [1.165, 1.54) is 19.3 Å². The zero-order valence-electron chi connectivity index (χ0n) is 13.4. The highest BCUT2D eigenvalue weighted by Crippen LogP contribution is 2.26. The summed E-state index contributed by atoms with van der Waals surface area (Å²) < 4.78 is 10.7. The number of hydrogen-bond acceptors (Lipinski definition) is 6. The number of aromatic nitrogens is 2. The first-order valence-electron chi connectivity index (χ1n) is 7.74. The summed E-state index contributed by atoms with van der Waals surface area (Å²) in [7, 11) is 1.62. The number of nitrogens with one attached hydrogen (secondary N) is 1. The molecule has 1 aromatic rings. The van der Waals surface area contributed by atoms with Crippen LogP contribution in [0.1, 0.15) is 51.8 Å². The van der Waals surface area contributed by atoms with Crippen LogP contribution in [0.2, 0.25) is 0 Å². The molecule has 0 aliphatic heterocycles. The van der Waals surface area contributed by atoms with Crippen molar-refractivity contribution >= 4 is 11.5 Å². The molecular weight excluding hydrogens is 268 g/mol. The quantitative estimate of drug-likeness (QED) is 0.611. The molecule has 0 amide bonds. The number of hydrogen-bond donors (Lipinski definition) is 2. The van der Waals surface area contributed by atoms with Gasteiger partial charge in [-0.05, 0) is 12.8 Å². The molecule has 0 fully saturated rings. The molecule has 1 rings (SSSR count). The summed E-state index contributed by atoms with van der Waals surface area (Å²) in [5.41, 5.74) is 6.55. The molecule has 0 aliphatic carbocycles. The number of methoxy groups -OCH3 is 1. The molecule has 3 N–H and O–H groups in total. The van der Waals surface area contributed by atoms with Crippen LogP contribution < -0.4 is 15.8 Å². The van der Waals surface area contributed by atoms with Crippen LogP contribution in [0, 0.1) is 0 Å². The van der Waals surface area contributed by atoms with Gasteiger partial charge in [-0.3, -0.25) is 0 Å². The number of anilines is 2. The maximum Gasteiger partial charge on any atom is 0.242 e. The van der Waals surface area contributed by atoms with Crippen LogP contribution >= 0.6 is 0 Å². The lowest BCUT2D eigenvalue weighted by Gasteiger charge is -2.13. The Kier molecular flexibility index (Phi) is 8.50. The maximum absolute atomic E-state index is 6.08. The molecule has 1 heterocycles. The molecular formula is C15H28N4O2. The Morgan fingerprint density at radius 1 is 1.10 bits per heavy atom. The van der Waals surface area contributed by atoms with Crippen LogP contribution in [-0.2, 0) is 11.3 Å². The molecule has 1 aromatic heterocycles. The maximum atomic E-state index is 6.08. The first-order valence-corrected chi connectivity index (χ1v) is 7.74. The predicted molar refractivity (Wildman–Crippen MR) is 85.6 cm³/mol. The molecule has 0 unspecified atom stereocenters. The molecule has 0 spiro atoms. The molecule has 21 heavy (non-hydrogen) atoms. The molecule has 6 heteroatoms. The zero-order chi connectivity index (χ0) is 15.5. The van der Waals surface area contributed by atoms with E-state index in [1.54, 1.807) is 7.11 Å². The average molecular weight is 296 g/mol. The van der Waals surface area contributed by atoms with Gasteiger partial charge in [0.1, 0.15) is 12.3 Å². The number of unbranched alkanes of at least 4 members (excludes halogenated alkanes) is 3. The highest BCUT2D eigenvalue weighted by molar-refractivity contribution is 5.66. The Balaban J connectivity index is 2.72. The van der Waals surface area contributed by atoms with Gasteiger partial charge in [0.15, 0.2) is 11.6 Å². The van der Waals surface area contributed by atoms with Crippen LogP contribution in [0.3, 0.4) is 0 Å². The summed E-state index contributed by atoms with van der Waals surface area (Å²) in [6, 6.07) is 0. The molecule has 6 nitrogen and oxygen atoms in total. The first-order chi connectivity index (χ1) is 10.2. The van der Waals surface area contributed by atoms with Gasteiger partial charge in [-0.2, -0.15) is 4.98 Å². The van der Waals surface area contributed by atoms with Crippen LogP contribution in [0.4, 0.5) is 11.5 Å². The van der Waals surface area contributed by atoms with Crippen molar-refractivity contribution in [2.45, 2.75) is 52.6 Å². The Labute approximate surface area is 127 Å². The van der Waals surface area contributed by atoms with Crippen LogP contribution in [0.25, 0.3) is 0 Å². The summed E-state index contributed by atoms with van der Waals surface area (Å²) in [5.74, 6) is 1.66. The van der Waals surface area contributed by atoms with E-state index in [9.17, 15) is 0 Å². The largest absolute Gasteiger partial charge is 0.476 e. The third kappa shape index (κ3) is 6.16. The van der Waals surface area contributed by atoms with E-state index < -0.39 is 0 Å². The second-order valence-electron chi connectivity index (χ2n) is 4.98.